The molecule has 1 atom stereocenters. The molecule has 6 nitrogen and oxygen atoms in total. The number of carbonyl (C=O) groups is 1. The van der Waals surface area contributed by atoms with Gasteiger partial charge in [-0.15, -0.1) is 0 Å². The molecule has 1 aromatic heterocycles. The van der Waals surface area contributed by atoms with Crippen molar-refractivity contribution in [2.75, 3.05) is 26.8 Å². The summed E-state index contributed by atoms with van der Waals surface area (Å²) in [6.45, 7) is 3.24. The normalized spacial score (nSPS) is 17.0. The number of nitrogens with zero attached hydrogens (tertiary/aromatic N) is 3. The second kappa shape index (κ2) is 7.90. The maximum Gasteiger partial charge on any atom is 0.246 e. The van der Waals surface area contributed by atoms with Crippen LogP contribution in [-0.2, 0) is 22.6 Å². The van der Waals surface area contributed by atoms with Crippen LogP contribution in [-0.4, -0.2) is 47.2 Å². The van der Waals surface area contributed by atoms with Crippen LogP contribution in [0.3, 0.4) is 0 Å². The van der Waals surface area contributed by atoms with Gasteiger partial charge in [0, 0.05) is 39.5 Å². The van der Waals surface area contributed by atoms with E-state index in [0.29, 0.717) is 6.54 Å². The van der Waals surface area contributed by atoms with E-state index in [4.69, 9.17) is 4.74 Å². The van der Waals surface area contributed by atoms with Crippen molar-refractivity contribution < 1.29 is 9.53 Å². The maximum absolute atomic E-state index is 11.8. The molecule has 2 aromatic carbocycles. The highest BCUT2D eigenvalue weighted by molar-refractivity contribution is 5.85. The van der Waals surface area contributed by atoms with Crippen molar-refractivity contribution in [3.05, 3.63) is 66.2 Å². The van der Waals surface area contributed by atoms with Gasteiger partial charge in [-0.1, -0.05) is 42.5 Å². The van der Waals surface area contributed by atoms with E-state index in [9.17, 15) is 4.79 Å². The van der Waals surface area contributed by atoms with Gasteiger partial charge >= 0.3 is 0 Å². The first-order chi connectivity index (χ1) is 13.2. The zero-order chi connectivity index (χ0) is 18.6. The van der Waals surface area contributed by atoms with Gasteiger partial charge < -0.3 is 14.6 Å². The SMILES string of the molecule is COCC(=O)NCC1CN(Cc2cccc3ccccc23)Cc2cncn21. The van der Waals surface area contributed by atoms with E-state index in [1.54, 1.807) is 0 Å². The van der Waals surface area contributed by atoms with Gasteiger partial charge in [0.1, 0.15) is 6.61 Å². The summed E-state index contributed by atoms with van der Waals surface area (Å²) in [4.78, 5) is 18.5. The van der Waals surface area contributed by atoms with Crippen LogP contribution in [0, 0.1) is 0 Å². The maximum atomic E-state index is 11.8. The minimum atomic E-state index is -0.0923. The molecule has 0 saturated heterocycles. The number of rotatable bonds is 6. The summed E-state index contributed by atoms with van der Waals surface area (Å²) in [5.74, 6) is -0.0923. The van der Waals surface area contributed by atoms with Crippen LogP contribution < -0.4 is 5.32 Å². The number of methoxy groups -OCH3 is 1. The van der Waals surface area contributed by atoms with Crippen LogP contribution >= 0.6 is 0 Å². The largest absolute Gasteiger partial charge is 0.375 e. The Morgan fingerprint density at radius 1 is 1.26 bits per heavy atom. The van der Waals surface area contributed by atoms with Crippen LogP contribution in [0.15, 0.2) is 55.0 Å². The van der Waals surface area contributed by atoms with Gasteiger partial charge in [0.2, 0.25) is 5.91 Å². The van der Waals surface area contributed by atoms with Crippen LogP contribution in [0.1, 0.15) is 17.3 Å². The second-order valence-corrected chi connectivity index (χ2v) is 6.99. The van der Waals surface area contributed by atoms with Crippen molar-refractivity contribution in [1.29, 1.82) is 0 Å². The standard InChI is InChI=1S/C21H24N4O2/c1-27-14-21(26)23-10-19-13-24(12-18-9-22-15-25(18)19)11-17-7-4-6-16-5-2-3-8-20(16)17/h2-9,15,19H,10-14H2,1H3,(H,23,26). The first-order valence-corrected chi connectivity index (χ1v) is 9.20. The predicted octanol–water partition coefficient (Wildman–Crippen LogP) is 2.36. The third kappa shape index (κ3) is 3.86. The number of ether oxygens (including phenoxy) is 1. The minimum Gasteiger partial charge on any atom is -0.375 e. The van der Waals surface area contributed by atoms with Crippen molar-refractivity contribution in [2.24, 2.45) is 0 Å². The van der Waals surface area contributed by atoms with Crippen molar-refractivity contribution >= 4 is 16.7 Å². The fraction of sp³-hybridized carbons (Fsp3) is 0.333. The molecule has 0 aliphatic carbocycles. The predicted molar refractivity (Wildman–Crippen MR) is 104 cm³/mol. The van der Waals surface area contributed by atoms with Crippen LogP contribution in [0.25, 0.3) is 10.8 Å². The summed E-state index contributed by atoms with van der Waals surface area (Å²) in [5, 5.41) is 5.52. The number of fused-ring (bicyclic) bond motifs is 2. The van der Waals surface area contributed by atoms with Crippen LogP contribution in [0.5, 0.6) is 0 Å². The van der Waals surface area contributed by atoms with Crippen LogP contribution in [0.4, 0.5) is 0 Å². The van der Waals surface area contributed by atoms with E-state index in [2.05, 4.69) is 62.2 Å². The first-order valence-electron chi connectivity index (χ1n) is 9.20. The number of carbonyl (C=O) groups excluding carboxylic acids is 1. The Morgan fingerprint density at radius 3 is 3.00 bits per heavy atom. The lowest BCUT2D eigenvalue weighted by Crippen LogP contribution is -2.42. The van der Waals surface area contributed by atoms with E-state index in [-0.39, 0.29) is 18.6 Å². The average molecular weight is 364 g/mol. The summed E-state index contributed by atoms with van der Waals surface area (Å²) in [5.41, 5.74) is 2.50. The molecule has 1 aliphatic heterocycles. The molecule has 3 aromatic rings. The number of hydrogen-bond acceptors (Lipinski definition) is 4. The Labute approximate surface area is 158 Å². The molecule has 0 saturated carbocycles. The Kier molecular flexibility index (Phi) is 5.18. The van der Waals surface area contributed by atoms with E-state index >= 15 is 0 Å². The molecule has 4 rings (SSSR count). The van der Waals surface area contributed by atoms with E-state index in [1.807, 2.05) is 12.5 Å². The lowest BCUT2D eigenvalue weighted by atomic mass is 10.0. The van der Waals surface area contributed by atoms with Crippen LogP contribution in [0.2, 0.25) is 0 Å². The third-order valence-corrected chi connectivity index (χ3v) is 5.08. The molecule has 1 unspecified atom stereocenters. The number of imidazole rings is 1. The monoisotopic (exact) mass is 364 g/mol. The Morgan fingerprint density at radius 2 is 2.11 bits per heavy atom. The van der Waals surface area contributed by atoms with Gasteiger partial charge in [-0.2, -0.15) is 0 Å². The first kappa shape index (κ1) is 17.7. The molecule has 2 heterocycles. The molecule has 0 fully saturated rings. The lowest BCUT2D eigenvalue weighted by molar-refractivity contribution is -0.124. The molecule has 0 spiro atoms. The summed E-state index contributed by atoms with van der Waals surface area (Å²) < 4.78 is 7.07. The van der Waals surface area contributed by atoms with Crippen molar-refractivity contribution in [3.8, 4) is 0 Å². The molecule has 1 N–H and O–H groups in total. The van der Waals surface area contributed by atoms with Gasteiger partial charge in [0.05, 0.1) is 18.1 Å². The van der Waals surface area contributed by atoms with Gasteiger partial charge in [0.15, 0.2) is 0 Å². The second-order valence-electron chi connectivity index (χ2n) is 6.99. The molecule has 0 radical (unpaired) electrons. The fourth-order valence-electron chi connectivity index (χ4n) is 3.83. The smallest absolute Gasteiger partial charge is 0.246 e. The van der Waals surface area contributed by atoms with E-state index < -0.39 is 0 Å². The molecular weight excluding hydrogens is 340 g/mol. The molecule has 6 heteroatoms. The average Bonchev–Trinajstić information content (AvgIpc) is 3.15. The zero-order valence-electron chi connectivity index (χ0n) is 15.5. The Balaban J connectivity index is 1.51. The quantitative estimate of drug-likeness (QED) is 0.729. The summed E-state index contributed by atoms with van der Waals surface area (Å²) >= 11 is 0. The molecule has 140 valence electrons. The van der Waals surface area contributed by atoms with E-state index in [0.717, 1.165) is 19.6 Å². The lowest BCUT2D eigenvalue weighted by Gasteiger charge is -2.34. The fourth-order valence-corrected chi connectivity index (χ4v) is 3.83. The Hall–Kier alpha value is -2.70. The molecule has 1 aliphatic rings. The number of benzene rings is 2. The molecule has 0 bridgehead atoms. The zero-order valence-corrected chi connectivity index (χ0v) is 15.5. The van der Waals surface area contributed by atoms with Crippen molar-refractivity contribution in [1.82, 2.24) is 19.8 Å². The summed E-state index contributed by atoms with van der Waals surface area (Å²) in [6.07, 6.45) is 3.77. The topological polar surface area (TPSA) is 59.4 Å². The molecular formula is C21H24N4O2. The van der Waals surface area contributed by atoms with E-state index in [1.165, 1.54) is 29.1 Å². The molecule has 27 heavy (non-hydrogen) atoms. The highest BCUT2D eigenvalue weighted by Crippen LogP contribution is 2.25. The van der Waals surface area contributed by atoms with Gasteiger partial charge in [-0.05, 0) is 16.3 Å². The number of aromatic nitrogens is 2. The van der Waals surface area contributed by atoms with Gasteiger partial charge in [-0.3, -0.25) is 9.69 Å². The highest BCUT2D eigenvalue weighted by Gasteiger charge is 2.25. The number of nitrogens with one attached hydrogen (secondary N) is 1. The third-order valence-electron chi connectivity index (χ3n) is 5.08. The van der Waals surface area contributed by atoms with Crippen molar-refractivity contribution in [2.45, 2.75) is 19.1 Å². The highest BCUT2D eigenvalue weighted by atomic mass is 16.5. The number of amides is 1. The van der Waals surface area contributed by atoms with Gasteiger partial charge in [0.25, 0.3) is 0 Å². The number of hydrogen-bond donors (Lipinski definition) is 1. The summed E-state index contributed by atoms with van der Waals surface area (Å²) in [7, 11) is 1.53. The van der Waals surface area contributed by atoms with Gasteiger partial charge in [-0.25, -0.2) is 4.98 Å². The van der Waals surface area contributed by atoms with Crippen molar-refractivity contribution in [3.63, 3.8) is 0 Å². The Bertz CT molecular complexity index is 931. The summed E-state index contributed by atoms with van der Waals surface area (Å²) in [6, 6.07) is 15.1. The molecule has 1 amide bonds. The minimum absolute atomic E-state index is 0.0865.